The normalized spacial score (nSPS) is 21.1. The Hall–Kier alpha value is -2.98. The van der Waals surface area contributed by atoms with Gasteiger partial charge in [-0.15, -0.1) is 0 Å². The van der Waals surface area contributed by atoms with Crippen LogP contribution in [0.1, 0.15) is 51.0 Å². The second-order valence-corrected chi connectivity index (χ2v) is 25.6. The quantitative estimate of drug-likeness (QED) is 0.102. The average Bonchev–Trinajstić information content (AvgIpc) is 3.97. The molecular weight excluding hydrogens is 1130 g/mol. The minimum Gasteiger partial charge on any atom is -0.457 e. The number of nitrogens with zero attached hydrogens (tertiary/aromatic N) is 2. The van der Waals surface area contributed by atoms with Gasteiger partial charge in [0.25, 0.3) is 0 Å². The molecule has 0 heterocycles. The first kappa shape index (κ1) is 46.1. The first-order valence-corrected chi connectivity index (χ1v) is 22.9. The first-order valence-electron chi connectivity index (χ1n) is 18.0. The summed E-state index contributed by atoms with van der Waals surface area (Å²) < 4.78 is 23.1. The Labute approximate surface area is 389 Å². The van der Waals surface area contributed by atoms with Crippen LogP contribution in [0.2, 0.25) is 0 Å². The van der Waals surface area contributed by atoms with Gasteiger partial charge in [0, 0.05) is 11.1 Å². The topological polar surface area (TPSA) is 119 Å². The van der Waals surface area contributed by atoms with E-state index in [-0.39, 0.29) is 51.3 Å². The molecule has 0 radical (unpaired) electrons. The number of allylic oxidation sites excluding steroid dienone is 1. The van der Waals surface area contributed by atoms with E-state index in [1.807, 2.05) is 94.4 Å². The molecular formula is C44H38Br6N2O6. The van der Waals surface area contributed by atoms with E-state index in [1.165, 1.54) is 0 Å². The van der Waals surface area contributed by atoms with Crippen molar-refractivity contribution in [2.75, 3.05) is 0 Å². The largest absolute Gasteiger partial charge is 0.457 e. The summed E-state index contributed by atoms with van der Waals surface area (Å²) in [6.07, 6.45) is -0.0497. The van der Waals surface area contributed by atoms with E-state index < -0.39 is 14.4 Å². The third-order valence-electron chi connectivity index (χ3n) is 10.2. The molecule has 0 spiro atoms. The summed E-state index contributed by atoms with van der Waals surface area (Å²) in [5.74, 6) is 1.26. The Bertz CT molecular complexity index is 2200. The standard InChI is InChI=1S/C22H19Br4NO3.C22H19Br2NO3/c1-21(2)17(19(23)22(24,25)26)18(21)20(28)30-16(12-27)13-7-6-10-15(11-13)29-14-8-4-3-5-9-14;1-22(2)17(12-19(23)24)20(22)21(26)28-18(13-25)14-7-6-10-16(11-14)27-15-8-4-3-5-9-15/h3-11,16-19H,1-2H3;3-12,17-18,20H,1-2H3/t16-,17-,18+,19?;17-,18+,20-/m10/s1. The number of esters is 2. The Balaban J connectivity index is 0.000000221. The van der Waals surface area contributed by atoms with Gasteiger partial charge in [-0.25, -0.2) is 0 Å². The van der Waals surface area contributed by atoms with Gasteiger partial charge < -0.3 is 18.9 Å². The molecule has 4 aromatic carbocycles. The number of ether oxygens (including phenoxy) is 4. The molecule has 0 aliphatic heterocycles. The van der Waals surface area contributed by atoms with E-state index in [4.69, 9.17) is 18.9 Å². The van der Waals surface area contributed by atoms with Gasteiger partial charge in [0.05, 0.1) is 20.1 Å². The van der Waals surface area contributed by atoms with Crippen molar-refractivity contribution < 1.29 is 28.5 Å². The maximum absolute atomic E-state index is 12.9. The van der Waals surface area contributed by atoms with Crippen LogP contribution in [0.4, 0.5) is 0 Å². The lowest BCUT2D eigenvalue weighted by Crippen LogP contribution is -2.23. The van der Waals surface area contributed by atoms with Gasteiger partial charge >= 0.3 is 11.9 Å². The molecule has 2 saturated carbocycles. The fraction of sp³-hybridized carbons (Fsp3) is 0.318. The van der Waals surface area contributed by atoms with E-state index in [1.54, 1.807) is 48.5 Å². The third kappa shape index (κ3) is 11.6. The third-order valence-corrected chi connectivity index (χ3v) is 15.4. The van der Waals surface area contributed by atoms with Crippen LogP contribution in [0.5, 0.6) is 23.0 Å². The second-order valence-electron chi connectivity index (χ2n) is 14.9. The number of rotatable bonds is 12. The highest BCUT2D eigenvalue weighted by Gasteiger charge is 2.67. The fourth-order valence-electron chi connectivity index (χ4n) is 6.90. The van der Waals surface area contributed by atoms with E-state index in [2.05, 4.69) is 108 Å². The van der Waals surface area contributed by atoms with E-state index in [0.717, 1.165) is 3.39 Å². The van der Waals surface area contributed by atoms with Crippen molar-refractivity contribution in [1.82, 2.24) is 0 Å². The summed E-state index contributed by atoms with van der Waals surface area (Å²) in [6, 6.07) is 37.0. The van der Waals surface area contributed by atoms with Crippen LogP contribution < -0.4 is 9.47 Å². The molecule has 1 unspecified atom stereocenters. The highest BCUT2D eigenvalue weighted by molar-refractivity contribution is 9.40. The SMILES string of the molecule is CC1(C)[C@H](C(=O)O[C@H](C#N)c2cccc(Oc3ccccc3)c2)[C@@H]1C(Br)C(Br)(Br)Br.CC1(C)[C@H](C(=O)O[C@H](C#N)c2cccc(Oc3ccccc3)c2)[C@@H]1C=C(Br)Br. The number of alkyl halides is 4. The Morgan fingerprint density at radius 2 is 1.07 bits per heavy atom. The number of carbonyl (C=O) groups is 2. The van der Waals surface area contributed by atoms with Crippen LogP contribution in [-0.4, -0.2) is 18.9 Å². The number of halogens is 6. The molecule has 7 atom stereocenters. The van der Waals surface area contributed by atoms with E-state index >= 15 is 0 Å². The summed E-state index contributed by atoms with van der Waals surface area (Å²) in [7, 11) is 0. The highest BCUT2D eigenvalue weighted by Crippen LogP contribution is 2.66. The van der Waals surface area contributed by atoms with Gasteiger partial charge in [0.2, 0.25) is 12.2 Å². The van der Waals surface area contributed by atoms with Gasteiger partial charge in [-0.1, -0.05) is 158 Å². The number of carbonyl (C=O) groups excluding carboxylic acids is 2. The zero-order valence-electron chi connectivity index (χ0n) is 31.6. The molecule has 14 heteroatoms. The first-order chi connectivity index (χ1) is 27.4. The molecule has 4 aromatic rings. The Morgan fingerprint density at radius 1 is 0.655 bits per heavy atom. The monoisotopic (exact) mass is 1160 g/mol. The van der Waals surface area contributed by atoms with Crippen molar-refractivity contribution in [3.05, 3.63) is 130 Å². The lowest BCUT2D eigenvalue weighted by atomic mass is 10.1. The minimum absolute atomic E-state index is 0.0233. The maximum Gasteiger partial charge on any atom is 0.311 e. The molecule has 0 amide bonds. The van der Waals surface area contributed by atoms with Crippen molar-refractivity contribution in [2.24, 2.45) is 34.5 Å². The van der Waals surface area contributed by atoms with Crippen molar-refractivity contribution in [1.29, 1.82) is 10.5 Å². The molecule has 0 N–H and O–H groups in total. The van der Waals surface area contributed by atoms with Crippen molar-refractivity contribution in [3.63, 3.8) is 0 Å². The van der Waals surface area contributed by atoms with Crippen LogP contribution in [0.3, 0.4) is 0 Å². The van der Waals surface area contributed by atoms with Crippen molar-refractivity contribution in [3.8, 4) is 35.1 Å². The number of hydrogen-bond acceptors (Lipinski definition) is 8. The van der Waals surface area contributed by atoms with Crippen molar-refractivity contribution >= 4 is 108 Å². The van der Waals surface area contributed by atoms with Crippen LogP contribution >= 0.6 is 95.6 Å². The van der Waals surface area contributed by atoms with Gasteiger partial charge in [0.1, 0.15) is 37.3 Å². The van der Waals surface area contributed by atoms with Crippen LogP contribution in [0.15, 0.2) is 119 Å². The molecule has 58 heavy (non-hydrogen) atoms. The van der Waals surface area contributed by atoms with Crippen molar-refractivity contribution in [2.45, 2.75) is 46.9 Å². The number of para-hydroxylation sites is 2. The van der Waals surface area contributed by atoms with E-state index in [0.29, 0.717) is 34.1 Å². The summed E-state index contributed by atoms with van der Waals surface area (Å²) in [4.78, 5) is 25.5. The number of hydrogen-bond donors (Lipinski definition) is 0. The summed E-state index contributed by atoms with van der Waals surface area (Å²) in [5.41, 5.74) is 0.684. The highest BCUT2D eigenvalue weighted by atomic mass is 80.0. The lowest BCUT2D eigenvalue weighted by molar-refractivity contribution is -0.150. The summed E-state index contributed by atoms with van der Waals surface area (Å²) >= 11 is 20.9. The van der Waals surface area contributed by atoms with Crippen LogP contribution in [-0.2, 0) is 19.1 Å². The molecule has 0 bridgehead atoms. The molecule has 302 valence electrons. The zero-order valence-corrected chi connectivity index (χ0v) is 41.1. The summed E-state index contributed by atoms with van der Waals surface area (Å²) in [6.45, 7) is 8.07. The lowest BCUT2D eigenvalue weighted by Gasteiger charge is -2.21. The molecule has 2 aliphatic rings. The maximum atomic E-state index is 12.9. The average molecular weight is 1170 g/mol. The summed E-state index contributed by atoms with van der Waals surface area (Å²) in [5, 5.41) is 19.2. The fourth-order valence-corrected chi connectivity index (χ4v) is 9.31. The predicted octanol–water partition coefficient (Wildman–Crippen LogP) is 14.0. The van der Waals surface area contributed by atoms with E-state index in [9.17, 15) is 20.1 Å². The van der Waals surface area contributed by atoms with Gasteiger partial charge in [-0.05, 0) is 103 Å². The van der Waals surface area contributed by atoms with Gasteiger partial charge in [-0.3, -0.25) is 9.59 Å². The smallest absolute Gasteiger partial charge is 0.311 e. The molecule has 2 aliphatic carbocycles. The molecule has 2 fully saturated rings. The Kier molecular flexibility index (Phi) is 15.6. The number of nitriles is 2. The van der Waals surface area contributed by atoms with Crippen LogP contribution in [0, 0.1) is 57.2 Å². The second kappa shape index (κ2) is 19.6. The van der Waals surface area contributed by atoms with Gasteiger partial charge in [0.15, 0.2) is 0 Å². The predicted molar refractivity (Wildman–Crippen MR) is 244 cm³/mol. The molecule has 0 saturated heterocycles. The number of benzene rings is 4. The van der Waals surface area contributed by atoms with Crippen LogP contribution in [0.25, 0.3) is 0 Å². The molecule has 0 aromatic heterocycles. The zero-order chi connectivity index (χ0) is 42.4. The molecule has 6 rings (SSSR count). The molecule has 8 nitrogen and oxygen atoms in total. The minimum atomic E-state index is -1.01. The Morgan fingerprint density at radius 3 is 1.47 bits per heavy atom. The van der Waals surface area contributed by atoms with Gasteiger partial charge in [-0.2, -0.15) is 10.5 Å².